The third-order valence-electron chi connectivity index (χ3n) is 3.09. The van der Waals surface area contributed by atoms with E-state index in [2.05, 4.69) is 26.1 Å². The van der Waals surface area contributed by atoms with Crippen molar-refractivity contribution < 1.29 is 0 Å². The lowest BCUT2D eigenvalue weighted by Gasteiger charge is -2.08. The first-order valence-corrected chi connectivity index (χ1v) is 4.33. The Bertz CT molecular complexity index is 103. The van der Waals surface area contributed by atoms with Gasteiger partial charge in [0.2, 0.25) is 0 Å². The van der Waals surface area contributed by atoms with Gasteiger partial charge in [-0.3, -0.25) is 0 Å². The molecule has 1 rings (SSSR count). The van der Waals surface area contributed by atoms with Crippen molar-refractivity contribution in [1.29, 1.82) is 0 Å². The molecule has 1 aliphatic carbocycles. The summed E-state index contributed by atoms with van der Waals surface area (Å²) in [6.07, 6.45) is 0. The zero-order chi connectivity index (χ0) is 7.72. The molecule has 0 aliphatic heterocycles. The smallest absolute Gasteiger partial charge is 0.00233 e. The summed E-state index contributed by atoms with van der Waals surface area (Å²) in [5.41, 5.74) is 0. The summed E-state index contributed by atoms with van der Waals surface area (Å²) in [4.78, 5) is 0. The van der Waals surface area contributed by atoms with Crippen molar-refractivity contribution in [3.8, 4) is 0 Å². The van der Waals surface area contributed by atoms with E-state index in [0.29, 0.717) is 0 Å². The van der Waals surface area contributed by atoms with E-state index in [1.54, 1.807) is 0 Å². The van der Waals surface area contributed by atoms with Gasteiger partial charge in [-0.25, -0.2) is 0 Å². The van der Waals surface area contributed by atoms with Gasteiger partial charge in [0, 0.05) is 0 Å². The van der Waals surface area contributed by atoms with Crippen LogP contribution in [0.3, 0.4) is 0 Å². The monoisotopic (exact) mass is 141 g/mol. The van der Waals surface area contributed by atoms with E-state index >= 15 is 0 Å². The Hall–Kier alpha value is -0.0400. The highest BCUT2D eigenvalue weighted by Gasteiger charge is 2.45. The Morgan fingerprint density at radius 1 is 1.30 bits per heavy atom. The van der Waals surface area contributed by atoms with Crippen LogP contribution in [0.15, 0.2) is 0 Å². The summed E-state index contributed by atoms with van der Waals surface area (Å²) < 4.78 is 0. The SMILES string of the molecule is CNCC(C)C1C(C)C1C. The molecule has 0 radical (unpaired) electrons. The summed E-state index contributed by atoms with van der Waals surface area (Å²) in [6.45, 7) is 8.25. The molecule has 60 valence electrons. The van der Waals surface area contributed by atoms with Crippen LogP contribution in [0.4, 0.5) is 0 Å². The minimum atomic E-state index is 0.870. The van der Waals surface area contributed by atoms with Gasteiger partial charge in [-0.2, -0.15) is 0 Å². The molecule has 10 heavy (non-hydrogen) atoms. The van der Waals surface area contributed by atoms with Crippen LogP contribution < -0.4 is 5.32 Å². The summed E-state index contributed by atoms with van der Waals surface area (Å²) in [5.74, 6) is 3.81. The third kappa shape index (κ3) is 1.34. The topological polar surface area (TPSA) is 12.0 Å². The van der Waals surface area contributed by atoms with Gasteiger partial charge >= 0.3 is 0 Å². The Morgan fingerprint density at radius 2 is 1.80 bits per heavy atom. The fourth-order valence-electron chi connectivity index (χ4n) is 2.20. The molecule has 0 heterocycles. The lowest BCUT2D eigenvalue weighted by atomic mass is 10.0. The van der Waals surface area contributed by atoms with Crippen LogP contribution in [0.2, 0.25) is 0 Å². The van der Waals surface area contributed by atoms with Crippen molar-refractivity contribution in [3.05, 3.63) is 0 Å². The number of hydrogen-bond donors (Lipinski definition) is 1. The number of rotatable bonds is 3. The van der Waals surface area contributed by atoms with Gasteiger partial charge in [0.25, 0.3) is 0 Å². The van der Waals surface area contributed by atoms with Crippen molar-refractivity contribution in [2.24, 2.45) is 23.7 Å². The van der Waals surface area contributed by atoms with E-state index in [9.17, 15) is 0 Å². The van der Waals surface area contributed by atoms with Crippen LogP contribution >= 0.6 is 0 Å². The second-order valence-corrected chi connectivity index (χ2v) is 3.83. The molecule has 0 amide bonds. The highest BCUT2D eigenvalue weighted by Crippen LogP contribution is 2.49. The van der Waals surface area contributed by atoms with Crippen molar-refractivity contribution in [2.75, 3.05) is 13.6 Å². The van der Waals surface area contributed by atoms with Crippen LogP contribution in [0.25, 0.3) is 0 Å². The third-order valence-corrected chi connectivity index (χ3v) is 3.09. The molecule has 0 aromatic heterocycles. The van der Waals surface area contributed by atoms with Crippen molar-refractivity contribution in [1.82, 2.24) is 5.32 Å². The molecule has 1 saturated carbocycles. The standard InChI is InChI=1S/C9H19N/c1-6(5-10-4)9-7(2)8(9)3/h6-10H,5H2,1-4H3. The number of hydrogen-bond acceptors (Lipinski definition) is 1. The summed E-state index contributed by atoms with van der Waals surface area (Å²) in [5, 5.41) is 3.23. The quantitative estimate of drug-likeness (QED) is 0.631. The van der Waals surface area contributed by atoms with E-state index in [1.165, 1.54) is 6.54 Å². The zero-order valence-corrected chi connectivity index (χ0v) is 7.52. The normalized spacial score (nSPS) is 41.4. The van der Waals surface area contributed by atoms with Gasteiger partial charge in [-0.05, 0) is 37.3 Å². The molecule has 1 fully saturated rings. The van der Waals surface area contributed by atoms with Crippen molar-refractivity contribution in [2.45, 2.75) is 20.8 Å². The molecule has 0 aromatic carbocycles. The van der Waals surface area contributed by atoms with Crippen LogP contribution in [0, 0.1) is 23.7 Å². The van der Waals surface area contributed by atoms with Gasteiger partial charge < -0.3 is 5.32 Å². The first-order chi connectivity index (χ1) is 4.68. The first kappa shape index (κ1) is 8.06. The average molecular weight is 141 g/mol. The molecule has 0 saturated heterocycles. The average Bonchev–Trinajstić information content (AvgIpc) is 2.42. The molecule has 0 bridgehead atoms. The molecule has 1 N–H and O–H groups in total. The molecule has 1 aliphatic rings. The second kappa shape index (κ2) is 2.91. The van der Waals surface area contributed by atoms with Crippen LogP contribution in [0.5, 0.6) is 0 Å². The Kier molecular flexibility index (Phi) is 2.35. The largest absolute Gasteiger partial charge is 0.319 e. The molecule has 0 aromatic rings. The predicted octanol–water partition coefficient (Wildman–Crippen LogP) is 1.74. The van der Waals surface area contributed by atoms with Gasteiger partial charge in [-0.1, -0.05) is 20.8 Å². The fourth-order valence-corrected chi connectivity index (χ4v) is 2.20. The van der Waals surface area contributed by atoms with E-state index in [-0.39, 0.29) is 0 Å². The Balaban J connectivity index is 2.24. The minimum Gasteiger partial charge on any atom is -0.319 e. The molecule has 1 nitrogen and oxygen atoms in total. The lowest BCUT2D eigenvalue weighted by molar-refractivity contribution is 0.449. The number of nitrogens with one attached hydrogen (secondary N) is 1. The highest BCUT2D eigenvalue weighted by molar-refractivity contribution is 4.94. The maximum Gasteiger partial charge on any atom is -0.00233 e. The van der Waals surface area contributed by atoms with Gasteiger partial charge in [0.15, 0.2) is 0 Å². The molecule has 3 unspecified atom stereocenters. The van der Waals surface area contributed by atoms with Crippen LogP contribution in [-0.4, -0.2) is 13.6 Å². The molecule has 1 heteroatoms. The van der Waals surface area contributed by atoms with E-state index < -0.39 is 0 Å². The molecule has 0 spiro atoms. The van der Waals surface area contributed by atoms with E-state index in [0.717, 1.165) is 23.7 Å². The predicted molar refractivity (Wildman–Crippen MR) is 44.9 cm³/mol. The van der Waals surface area contributed by atoms with E-state index in [1.807, 2.05) is 7.05 Å². The Labute approximate surface area is 64.2 Å². The molecular weight excluding hydrogens is 122 g/mol. The zero-order valence-electron chi connectivity index (χ0n) is 7.52. The van der Waals surface area contributed by atoms with Crippen molar-refractivity contribution >= 4 is 0 Å². The summed E-state index contributed by atoms with van der Waals surface area (Å²) in [6, 6.07) is 0. The van der Waals surface area contributed by atoms with Crippen LogP contribution in [0.1, 0.15) is 20.8 Å². The minimum absolute atomic E-state index is 0.870. The molecule has 3 atom stereocenters. The maximum absolute atomic E-state index is 3.23. The second-order valence-electron chi connectivity index (χ2n) is 3.83. The van der Waals surface area contributed by atoms with E-state index in [4.69, 9.17) is 0 Å². The lowest BCUT2D eigenvalue weighted by Crippen LogP contribution is -2.18. The van der Waals surface area contributed by atoms with Crippen LogP contribution in [-0.2, 0) is 0 Å². The fraction of sp³-hybridized carbons (Fsp3) is 1.00. The van der Waals surface area contributed by atoms with Gasteiger partial charge in [0.05, 0.1) is 0 Å². The Morgan fingerprint density at radius 3 is 2.10 bits per heavy atom. The first-order valence-electron chi connectivity index (χ1n) is 4.33. The van der Waals surface area contributed by atoms with Gasteiger partial charge in [-0.15, -0.1) is 0 Å². The highest BCUT2D eigenvalue weighted by atomic mass is 14.8. The van der Waals surface area contributed by atoms with Crippen molar-refractivity contribution in [3.63, 3.8) is 0 Å². The summed E-state index contributed by atoms with van der Waals surface area (Å²) >= 11 is 0. The molecular formula is C9H19N. The summed E-state index contributed by atoms with van der Waals surface area (Å²) in [7, 11) is 2.04. The maximum atomic E-state index is 3.23. The van der Waals surface area contributed by atoms with Gasteiger partial charge in [0.1, 0.15) is 0 Å².